The van der Waals surface area contributed by atoms with Gasteiger partial charge < -0.3 is 4.90 Å². The molecule has 1 aromatic heterocycles. The van der Waals surface area contributed by atoms with E-state index in [0.717, 1.165) is 10.7 Å². The van der Waals surface area contributed by atoms with Gasteiger partial charge in [0.1, 0.15) is 0 Å². The van der Waals surface area contributed by atoms with E-state index in [1.807, 2.05) is 11.8 Å². The smallest absolute Gasteiger partial charge is 0.225 e. The minimum absolute atomic E-state index is 0.481. The van der Waals surface area contributed by atoms with E-state index in [1.165, 1.54) is 44.3 Å². The molecule has 1 aliphatic rings. The SMILES string of the molecule is CSCCC(C)N(C)c1n[nH]c(=S)n1C1CCCCC1. The molecular formula is C14H26N4S2. The number of thioether (sulfide) groups is 1. The highest BCUT2D eigenvalue weighted by molar-refractivity contribution is 7.98. The monoisotopic (exact) mass is 314 g/mol. The van der Waals surface area contributed by atoms with Crippen LogP contribution in [0.15, 0.2) is 0 Å². The molecule has 4 nitrogen and oxygen atoms in total. The Hall–Kier alpha value is -0.490. The fourth-order valence-corrected chi connectivity index (χ4v) is 3.75. The Labute approximate surface area is 131 Å². The molecule has 1 atom stereocenters. The number of aromatic nitrogens is 3. The van der Waals surface area contributed by atoms with E-state index in [9.17, 15) is 0 Å². The number of hydrogen-bond acceptors (Lipinski definition) is 4. The van der Waals surface area contributed by atoms with E-state index in [4.69, 9.17) is 12.2 Å². The maximum atomic E-state index is 5.46. The average Bonchev–Trinajstić information content (AvgIpc) is 2.86. The summed E-state index contributed by atoms with van der Waals surface area (Å²) >= 11 is 7.36. The van der Waals surface area contributed by atoms with E-state index < -0.39 is 0 Å². The van der Waals surface area contributed by atoms with Crippen molar-refractivity contribution in [3.63, 3.8) is 0 Å². The van der Waals surface area contributed by atoms with Crippen LogP contribution in [0.5, 0.6) is 0 Å². The number of hydrogen-bond donors (Lipinski definition) is 1. The quantitative estimate of drug-likeness (QED) is 0.805. The van der Waals surface area contributed by atoms with Crippen molar-refractivity contribution >= 4 is 29.9 Å². The number of nitrogens with zero attached hydrogens (tertiary/aromatic N) is 3. The maximum absolute atomic E-state index is 5.46. The van der Waals surface area contributed by atoms with Gasteiger partial charge in [0.05, 0.1) is 0 Å². The third-order valence-electron chi connectivity index (χ3n) is 4.34. The number of H-pyrrole nitrogens is 1. The van der Waals surface area contributed by atoms with Gasteiger partial charge in [-0.3, -0.25) is 4.57 Å². The van der Waals surface area contributed by atoms with Crippen molar-refractivity contribution < 1.29 is 0 Å². The standard InChI is InChI=1S/C14H26N4S2/c1-11(9-10-20-3)17(2)13-15-16-14(19)18(13)12-7-5-4-6-8-12/h11-12H,4-10H2,1-3H3,(H,16,19). The maximum Gasteiger partial charge on any atom is 0.225 e. The van der Waals surface area contributed by atoms with Crippen molar-refractivity contribution in [2.75, 3.05) is 24.0 Å². The van der Waals surface area contributed by atoms with Crippen LogP contribution in [-0.4, -0.2) is 39.9 Å². The van der Waals surface area contributed by atoms with Crippen molar-refractivity contribution in [3.05, 3.63) is 4.77 Å². The van der Waals surface area contributed by atoms with Crippen LogP contribution in [0.3, 0.4) is 0 Å². The minimum Gasteiger partial charge on any atom is -0.341 e. The molecule has 0 amide bonds. The molecule has 114 valence electrons. The van der Waals surface area contributed by atoms with Gasteiger partial charge in [-0.05, 0) is 50.4 Å². The van der Waals surface area contributed by atoms with E-state index in [-0.39, 0.29) is 0 Å². The molecule has 1 N–H and O–H groups in total. The third kappa shape index (κ3) is 3.58. The molecule has 1 fully saturated rings. The van der Waals surface area contributed by atoms with Crippen LogP contribution in [0.25, 0.3) is 0 Å². The van der Waals surface area contributed by atoms with Gasteiger partial charge in [0.2, 0.25) is 5.95 Å². The molecule has 2 rings (SSSR count). The van der Waals surface area contributed by atoms with Crippen molar-refractivity contribution in [1.29, 1.82) is 0 Å². The van der Waals surface area contributed by atoms with E-state index >= 15 is 0 Å². The first-order valence-electron chi connectivity index (χ1n) is 7.53. The van der Waals surface area contributed by atoms with Gasteiger partial charge in [-0.1, -0.05) is 19.3 Å². The predicted octanol–water partition coefficient (Wildman–Crippen LogP) is 4.02. The van der Waals surface area contributed by atoms with Gasteiger partial charge in [0, 0.05) is 19.1 Å². The third-order valence-corrected chi connectivity index (χ3v) is 5.27. The molecule has 1 aromatic rings. The molecule has 0 spiro atoms. The Balaban J connectivity index is 2.17. The van der Waals surface area contributed by atoms with Crippen LogP contribution in [0.2, 0.25) is 0 Å². The molecule has 0 aromatic carbocycles. The zero-order chi connectivity index (χ0) is 14.5. The minimum atomic E-state index is 0.481. The molecule has 0 saturated heterocycles. The lowest BCUT2D eigenvalue weighted by molar-refractivity contribution is 0.349. The highest BCUT2D eigenvalue weighted by Gasteiger charge is 2.23. The first kappa shape index (κ1) is 15.9. The zero-order valence-corrected chi connectivity index (χ0v) is 14.4. The number of nitrogens with one attached hydrogen (secondary N) is 1. The van der Waals surface area contributed by atoms with Crippen LogP contribution < -0.4 is 4.90 Å². The van der Waals surface area contributed by atoms with Crippen LogP contribution >= 0.6 is 24.0 Å². The van der Waals surface area contributed by atoms with Crippen LogP contribution in [0.4, 0.5) is 5.95 Å². The lowest BCUT2D eigenvalue weighted by atomic mass is 9.95. The van der Waals surface area contributed by atoms with Crippen molar-refractivity contribution in [2.24, 2.45) is 0 Å². The lowest BCUT2D eigenvalue weighted by Crippen LogP contribution is -2.32. The molecule has 20 heavy (non-hydrogen) atoms. The van der Waals surface area contributed by atoms with Gasteiger partial charge in [0.15, 0.2) is 4.77 Å². The predicted molar refractivity (Wildman–Crippen MR) is 90.4 cm³/mol. The summed E-state index contributed by atoms with van der Waals surface area (Å²) < 4.78 is 3.03. The second kappa shape index (κ2) is 7.50. The summed E-state index contributed by atoms with van der Waals surface area (Å²) in [6.45, 7) is 2.26. The average molecular weight is 315 g/mol. The zero-order valence-electron chi connectivity index (χ0n) is 12.8. The number of aromatic amines is 1. The topological polar surface area (TPSA) is 36.9 Å². The van der Waals surface area contributed by atoms with Gasteiger partial charge in [-0.2, -0.15) is 11.8 Å². The summed E-state index contributed by atoms with van der Waals surface area (Å²) in [6, 6.07) is 1.01. The van der Waals surface area contributed by atoms with Crippen LogP contribution in [0, 0.1) is 4.77 Å². The first-order valence-corrected chi connectivity index (χ1v) is 9.34. The Morgan fingerprint density at radius 1 is 1.45 bits per heavy atom. The molecule has 1 saturated carbocycles. The molecule has 6 heteroatoms. The lowest BCUT2D eigenvalue weighted by Gasteiger charge is -2.30. The summed E-state index contributed by atoms with van der Waals surface area (Å²) in [5.74, 6) is 2.19. The van der Waals surface area contributed by atoms with Crippen molar-refractivity contribution in [3.8, 4) is 0 Å². The molecule has 1 unspecified atom stereocenters. The number of anilines is 1. The molecule has 0 bridgehead atoms. The first-order chi connectivity index (χ1) is 9.65. The Kier molecular flexibility index (Phi) is 5.96. The summed E-state index contributed by atoms with van der Waals surface area (Å²) in [6.07, 6.45) is 9.76. The Bertz CT molecular complexity index is 462. The summed E-state index contributed by atoms with van der Waals surface area (Å²) in [5, 5.41) is 7.48. The van der Waals surface area contributed by atoms with Crippen molar-refractivity contribution in [1.82, 2.24) is 14.8 Å². The van der Waals surface area contributed by atoms with Gasteiger partial charge in [-0.25, -0.2) is 5.10 Å². The molecule has 1 heterocycles. The summed E-state index contributed by atoms with van der Waals surface area (Å²) in [7, 11) is 2.13. The molecule has 0 aliphatic heterocycles. The number of rotatable bonds is 6. The fourth-order valence-electron chi connectivity index (χ4n) is 2.89. The van der Waals surface area contributed by atoms with Gasteiger partial charge >= 0.3 is 0 Å². The molecule has 0 radical (unpaired) electrons. The highest BCUT2D eigenvalue weighted by atomic mass is 32.2. The summed E-state index contributed by atoms with van der Waals surface area (Å²) in [5.41, 5.74) is 0. The van der Waals surface area contributed by atoms with Crippen molar-refractivity contribution in [2.45, 2.75) is 57.5 Å². The molecular weight excluding hydrogens is 288 g/mol. The van der Waals surface area contributed by atoms with E-state index in [0.29, 0.717) is 12.1 Å². The second-order valence-corrected chi connectivity index (χ2v) is 7.10. The van der Waals surface area contributed by atoms with Crippen LogP contribution in [-0.2, 0) is 0 Å². The fraction of sp³-hybridized carbons (Fsp3) is 0.857. The second-order valence-electron chi connectivity index (χ2n) is 5.73. The van der Waals surface area contributed by atoms with Crippen LogP contribution in [0.1, 0.15) is 51.5 Å². The van der Waals surface area contributed by atoms with E-state index in [2.05, 4.69) is 39.9 Å². The largest absolute Gasteiger partial charge is 0.341 e. The molecule has 1 aliphatic carbocycles. The Morgan fingerprint density at radius 3 is 2.80 bits per heavy atom. The normalized spacial score (nSPS) is 18.1. The highest BCUT2D eigenvalue weighted by Crippen LogP contribution is 2.31. The summed E-state index contributed by atoms with van der Waals surface area (Å²) in [4.78, 5) is 2.27. The van der Waals surface area contributed by atoms with E-state index in [1.54, 1.807) is 0 Å². The Morgan fingerprint density at radius 2 is 2.15 bits per heavy atom. The van der Waals surface area contributed by atoms with Gasteiger partial charge in [0.25, 0.3) is 0 Å². The van der Waals surface area contributed by atoms with Gasteiger partial charge in [-0.15, -0.1) is 5.10 Å².